The molecule has 0 fully saturated rings. The van der Waals surface area contributed by atoms with E-state index in [1.807, 2.05) is 48.5 Å². The number of phenols is 1. The highest BCUT2D eigenvalue weighted by Gasteiger charge is 2.30. The van der Waals surface area contributed by atoms with Gasteiger partial charge in [0.1, 0.15) is 23.6 Å². The Hall–Kier alpha value is -4.64. The maximum Gasteiger partial charge on any atom is 0.219 e. The van der Waals surface area contributed by atoms with Crippen molar-refractivity contribution in [3.63, 3.8) is 0 Å². The second-order valence-corrected chi connectivity index (χ2v) is 8.74. The zero-order chi connectivity index (χ0) is 24.3. The highest BCUT2D eigenvalue weighted by Crippen LogP contribution is 2.33. The van der Waals surface area contributed by atoms with Crippen LogP contribution in [0.4, 0.5) is 0 Å². The van der Waals surface area contributed by atoms with Gasteiger partial charge in [-0.2, -0.15) is 0 Å². The molecule has 0 saturated heterocycles. The molecule has 6 rings (SSSR count). The molecule has 0 saturated carbocycles. The summed E-state index contributed by atoms with van der Waals surface area (Å²) in [4.78, 5) is 9.47. The maximum atomic E-state index is 10.1. The van der Waals surface area contributed by atoms with Crippen molar-refractivity contribution in [3.8, 4) is 17.4 Å². The number of rotatable bonds is 6. The molecule has 1 aromatic heterocycles. The number of nitrogens with zero attached hydrogens (tertiary/aromatic N) is 2. The maximum absolute atomic E-state index is 10.1. The van der Waals surface area contributed by atoms with Gasteiger partial charge in [0.25, 0.3) is 0 Å². The molecule has 0 aliphatic carbocycles. The van der Waals surface area contributed by atoms with Crippen molar-refractivity contribution < 1.29 is 14.6 Å². The highest BCUT2D eigenvalue weighted by atomic mass is 16.5. The van der Waals surface area contributed by atoms with Gasteiger partial charge in [-0.1, -0.05) is 78.9 Å². The lowest BCUT2D eigenvalue weighted by Gasteiger charge is -2.21. The molecule has 1 N–H and O–H groups in total. The molecular formula is C31H24N2O3. The molecule has 4 aromatic carbocycles. The second-order valence-electron chi connectivity index (χ2n) is 8.74. The standard InChI is InChI=1S/C31H24N2O3/c34-27-16-8-13-23-17-18-28(33-30(23)27)36-25-15-7-14-24(19-25)31-32-26(20-35-31)29(21-9-3-1-4-10-21)22-11-5-2-6-12-22/h1-19,26,29,34H,20H2/t26-/m1/s1. The van der Waals surface area contributed by atoms with E-state index in [4.69, 9.17) is 14.5 Å². The van der Waals surface area contributed by atoms with Crippen molar-refractivity contribution in [2.24, 2.45) is 4.99 Å². The first-order valence-corrected chi connectivity index (χ1v) is 11.9. The molecule has 1 aliphatic rings. The van der Waals surface area contributed by atoms with E-state index in [1.54, 1.807) is 18.2 Å². The minimum atomic E-state index is -0.0421. The minimum absolute atomic E-state index is 0.0421. The molecule has 36 heavy (non-hydrogen) atoms. The third-order valence-electron chi connectivity index (χ3n) is 6.35. The highest BCUT2D eigenvalue weighted by molar-refractivity contribution is 5.95. The fourth-order valence-corrected chi connectivity index (χ4v) is 4.66. The predicted molar refractivity (Wildman–Crippen MR) is 141 cm³/mol. The molecule has 0 amide bonds. The van der Waals surface area contributed by atoms with Crippen LogP contribution in [0.5, 0.6) is 17.4 Å². The van der Waals surface area contributed by atoms with Crippen molar-refractivity contribution in [2.45, 2.75) is 12.0 Å². The number of aromatic nitrogens is 1. The van der Waals surface area contributed by atoms with Crippen LogP contribution in [-0.4, -0.2) is 28.6 Å². The lowest BCUT2D eigenvalue weighted by atomic mass is 9.86. The fraction of sp³-hybridized carbons (Fsp3) is 0.0968. The van der Waals surface area contributed by atoms with Crippen LogP contribution in [0.25, 0.3) is 10.9 Å². The van der Waals surface area contributed by atoms with Crippen LogP contribution in [0, 0.1) is 0 Å². The monoisotopic (exact) mass is 472 g/mol. The molecule has 1 aliphatic heterocycles. The van der Waals surface area contributed by atoms with Crippen LogP contribution in [0.15, 0.2) is 120 Å². The van der Waals surface area contributed by atoms with Gasteiger partial charge in [-0.25, -0.2) is 9.98 Å². The van der Waals surface area contributed by atoms with Gasteiger partial charge in [0.05, 0.1) is 6.04 Å². The Kier molecular flexibility index (Phi) is 5.80. The molecule has 0 spiro atoms. The van der Waals surface area contributed by atoms with E-state index in [9.17, 15) is 5.11 Å². The van der Waals surface area contributed by atoms with Crippen molar-refractivity contribution in [1.29, 1.82) is 0 Å². The summed E-state index contributed by atoms with van der Waals surface area (Å²) in [7, 11) is 0. The number of pyridine rings is 1. The molecule has 0 bridgehead atoms. The van der Waals surface area contributed by atoms with Crippen molar-refractivity contribution in [1.82, 2.24) is 4.98 Å². The Morgan fingerprint density at radius 3 is 2.25 bits per heavy atom. The SMILES string of the molecule is Oc1cccc2ccc(Oc3cccc(C4=N[C@@H](C(c5ccccc5)c5ccccc5)CO4)c3)nc12. The van der Waals surface area contributed by atoms with E-state index in [0.29, 0.717) is 29.7 Å². The zero-order valence-electron chi connectivity index (χ0n) is 19.5. The topological polar surface area (TPSA) is 63.9 Å². The summed E-state index contributed by atoms with van der Waals surface area (Å²) in [6, 6.07) is 37.5. The average molecular weight is 473 g/mol. The van der Waals surface area contributed by atoms with Crippen LogP contribution in [0.2, 0.25) is 0 Å². The van der Waals surface area contributed by atoms with E-state index in [2.05, 4.69) is 53.5 Å². The first kappa shape index (κ1) is 21.9. The van der Waals surface area contributed by atoms with Gasteiger partial charge in [0, 0.05) is 22.9 Å². The Morgan fingerprint density at radius 1 is 0.778 bits per heavy atom. The van der Waals surface area contributed by atoms with Gasteiger partial charge in [-0.05, 0) is 41.5 Å². The lowest BCUT2D eigenvalue weighted by molar-refractivity contribution is 0.308. The second kappa shape index (κ2) is 9.55. The zero-order valence-corrected chi connectivity index (χ0v) is 19.5. The number of benzene rings is 4. The number of aliphatic imine (C=N–C) groups is 1. The van der Waals surface area contributed by atoms with E-state index >= 15 is 0 Å². The van der Waals surface area contributed by atoms with Gasteiger partial charge >= 0.3 is 0 Å². The molecule has 2 heterocycles. The molecule has 1 atom stereocenters. The van der Waals surface area contributed by atoms with Gasteiger partial charge in [-0.15, -0.1) is 0 Å². The van der Waals surface area contributed by atoms with Gasteiger partial charge in [-0.3, -0.25) is 0 Å². The Balaban J connectivity index is 1.28. The van der Waals surface area contributed by atoms with Crippen LogP contribution in [0.1, 0.15) is 22.6 Å². The Morgan fingerprint density at radius 2 is 1.50 bits per heavy atom. The number of para-hydroxylation sites is 1. The summed E-state index contributed by atoms with van der Waals surface area (Å²) in [5, 5.41) is 11.0. The van der Waals surface area contributed by atoms with Crippen molar-refractivity contribution >= 4 is 16.8 Å². The van der Waals surface area contributed by atoms with Crippen molar-refractivity contribution in [3.05, 3.63) is 132 Å². The third kappa shape index (κ3) is 4.39. The molecule has 0 radical (unpaired) electrons. The Labute approximate surface area is 209 Å². The van der Waals surface area contributed by atoms with Crippen LogP contribution in [-0.2, 0) is 4.74 Å². The number of ether oxygens (including phenoxy) is 2. The normalized spacial score (nSPS) is 15.0. The smallest absolute Gasteiger partial charge is 0.219 e. The summed E-state index contributed by atoms with van der Waals surface area (Å²) in [5.41, 5.74) is 3.78. The summed E-state index contributed by atoms with van der Waals surface area (Å²) < 4.78 is 12.1. The summed E-state index contributed by atoms with van der Waals surface area (Å²) >= 11 is 0. The average Bonchev–Trinajstić information content (AvgIpc) is 3.41. The van der Waals surface area contributed by atoms with E-state index < -0.39 is 0 Å². The largest absolute Gasteiger partial charge is 0.506 e. The van der Waals surface area contributed by atoms with Gasteiger partial charge in [0.2, 0.25) is 11.8 Å². The molecular weight excluding hydrogens is 448 g/mol. The quantitative estimate of drug-likeness (QED) is 0.298. The number of aromatic hydroxyl groups is 1. The summed E-state index contributed by atoms with van der Waals surface area (Å²) in [6.45, 7) is 0.500. The predicted octanol–water partition coefficient (Wildman–Crippen LogP) is 6.71. The first-order valence-electron chi connectivity index (χ1n) is 11.9. The van der Waals surface area contributed by atoms with E-state index in [0.717, 1.165) is 10.9 Å². The van der Waals surface area contributed by atoms with Crippen LogP contribution >= 0.6 is 0 Å². The molecule has 5 nitrogen and oxygen atoms in total. The summed E-state index contributed by atoms with van der Waals surface area (Å²) in [6.07, 6.45) is 0. The van der Waals surface area contributed by atoms with Crippen molar-refractivity contribution in [2.75, 3.05) is 6.61 Å². The van der Waals surface area contributed by atoms with E-state index in [1.165, 1.54) is 11.1 Å². The number of hydrogen-bond acceptors (Lipinski definition) is 5. The number of hydrogen-bond donors (Lipinski definition) is 1. The fourth-order valence-electron chi connectivity index (χ4n) is 4.66. The molecule has 176 valence electrons. The van der Waals surface area contributed by atoms with Crippen LogP contribution < -0.4 is 4.74 Å². The van der Waals surface area contributed by atoms with Gasteiger partial charge in [0.15, 0.2) is 0 Å². The number of fused-ring (bicyclic) bond motifs is 1. The van der Waals surface area contributed by atoms with Gasteiger partial charge < -0.3 is 14.6 Å². The first-order chi connectivity index (χ1) is 17.7. The third-order valence-corrected chi connectivity index (χ3v) is 6.35. The minimum Gasteiger partial charge on any atom is -0.506 e. The van der Waals surface area contributed by atoms with Crippen LogP contribution in [0.3, 0.4) is 0 Å². The van der Waals surface area contributed by atoms with E-state index in [-0.39, 0.29) is 17.7 Å². The number of phenolic OH excluding ortho intramolecular Hbond substituents is 1. The molecule has 5 heteroatoms. The molecule has 0 unspecified atom stereocenters. The molecule has 5 aromatic rings. The Bertz CT molecular complexity index is 1490. The lowest BCUT2D eigenvalue weighted by Crippen LogP contribution is -2.19. The summed E-state index contributed by atoms with van der Waals surface area (Å²) in [5.74, 6) is 1.84.